The Hall–Kier alpha value is -1.60. The molecule has 0 atom stereocenters. The van der Waals surface area contributed by atoms with Gasteiger partial charge >= 0.3 is 0 Å². The number of benzene rings is 1. The Labute approximate surface area is 125 Å². The molecule has 4 N–H and O–H groups in total. The van der Waals surface area contributed by atoms with E-state index in [2.05, 4.69) is 0 Å². The Bertz CT molecular complexity index is 635. The van der Waals surface area contributed by atoms with E-state index >= 15 is 0 Å². The maximum Gasteiger partial charge on any atom is 0.243 e. The molecule has 7 heteroatoms. The summed E-state index contributed by atoms with van der Waals surface area (Å²) in [4.78, 5) is 11.4. The van der Waals surface area contributed by atoms with Gasteiger partial charge in [0.25, 0.3) is 0 Å². The molecule has 0 unspecified atom stereocenters. The Morgan fingerprint density at radius 2 is 1.95 bits per heavy atom. The number of aryl methyl sites for hydroxylation is 1. The fourth-order valence-electron chi connectivity index (χ4n) is 2.62. The molecule has 1 amide bonds. The van der Waals surface area contributed by atoms with Crippen LogP contribution in [0.15, 0.2) is 23.1 Å². The molecule has 2 rings (SSSR count). The van der Waals surface area contributed by atoms with Crippen LogP contribution in [0.5, 0.6) is 0 Å². The molecular formula is C14H21N3O3S. The van der Waals surface area contributed by atoms with E-state index in [9.17, 15) is 13.2 Å². The summed E-state index contributed by atoms with van der Waals surface area (Å²) in [5.74, 6) is -0.590. The number of nitrogens with two attached hydrogens (primary N) is 2. The number of sulfonamides is 1. The first-order valence-corrected chi connectivity index (χ1v) is 8.48. The van der Waals surface area contributed by atoms with Gasteiger partial charge < -0.3 is 11.5 Å². The third-order valence-electron chi connectivity index (χ3n) is 3.95. The molecular weight excluding hydrogens is 290 g/mol. The van der Waals surface area contributed by atoms with Crippen molar-refractivity contribution < 1.29 is 13.2 Å². The number of hydrogen-bond acceptors (Lipinski definition) is 4. The zero-order chi connectivity index (χ0) is 15.6. The second-order valence-corrected chi connectivity index (χ2v) is 7.21. The summed E-state index contributed by atoms with van der Waals surface area (Å²) < 4.78 is 26.9. The van der Waals surface area contributed by atoms with Crippen LogP contribution in [0, 0.1) is 5.92 Å². The molecule has 0 saturated carbocycles. The fraction of sp³-hybridized carbons (Fsp3) is 0.500. The van der Waals surface area contributed by atoms with E-state index in [0.717, 1.165) is 5.56 Å². The van der Waals surface area contributed by atoms with Gasteiger partial charge in [-0.05, 0) is 37.0 Å². The minimum absolute atomic E-state index is 0.233. The quantitative estimate of drug-likeness (QED) is 0.799. The van der Waals surface area contributed by atoms with E-state index in [0.29, 0.717) is 38.0 Å². The molecule has 6 nitrogen and oxygen atoms in total. The van der Waals surface area contributed by atoms with E-state index in [1.54, 1.807) is 12.1 Å². The summed E-state index contributed by atoms with van der Waals surface area (Å²) in [6, 6.07) is 4.96. The highest BCUT2D eigenvalue weighted by Gasteiger charge is 2.32. The first-order chi connectivity index (χ1) is 9.86. The van der Waals surface area contributed by atoms with Gasteiger partial charge in [0.1, 0.15) is 0 Å². The smallest absolute Gasteiger partial charge is 0.243 e. The SMILES string of the molecule is CCc1ccc(N)cc1S(=O)(=O)N1CCC(C(N)=O)CC1. The Kier molecular flexibility index (Phi) is 4.53. The van der Waals surface area contributed by atoms with E-state index in [1.165, 1.54) is 10.4 Å². The number of anilines is 1. The van der Waals surface area contributed by atoms with Crippen molar-refractivity contribution in [2.24, 2.45) is 11.7 Å². The zero-order valence-corrected chi connectivity index (χ0v) is 12.9. The van der Waals surface area contributed by atoms with Gasteiger partial charge in [0.05, 0.1) is 4.90 Å². The molecule has 1 saturated heterocycles. The van der Waals surface area contributed by atoms with Crippen LogP contribution in [0.4, 0.5) is 5.69 Å². The van der Waals surface area contributed by atoms with Crippen LogP contribution in [0.25, 0.3) is 0 Å². The molecule has 21 heavy (non-hydrogen) atoms. The number of primary amides is 1. The van der Waals surface area contributed by atoms with Crippen LogP contribution < -0.4 is 11.5 Å². The van der Waals surface area contributed by atoms with Gasteiger partial charge in [-0.1, -0.05) is 13.0 Å². The molecule has 0 spiro atoms. The second kappa shape index (κ2) is 6.03. The number of rotatable bonds is 4. The van der Waals surface area contributed by atoms with Crippen molar-refractivity contribution in [2.45, 2.75) is 31.1 Å². The summed E-state index contributed by atoms with van der Waals surface area (Å²) in [5.41, 5.74) is 12.2. The maximum absolute atomic E-state index is 12.7. The molecule has 1 aliphatic rings. The van der Waals surface area contributed by atoms with Gasteiger partial charge in [-0.2, -0.15) is 4.31 Å². The third-order valence-corrected chi connectivity index (χ3v) is 5.93. The zero-order valence-electron chi connectivity index (χ0n) is 12.1. The van der Waals surface area contributed by atoms with Crippen LogP contribution in [0.1, 0.15) is 25.3 Å². The number of hydrogen-bond donors (Lipinski definition) is 2. The number of nitrogen functional groups attached to an aromatic ring is 1. The first-order valence-electron chi connectivity index (χ1n) is 7.04. The minimum Gasteiger partial charge on any atom is -0.399 e. The van der Waals surface area contributed by atoms with Crippen molar-refractivity contribution in [3.8, 4) is 0 Å². The molecule has 0 radical (unpaired) electrons. The predicted octanol–water partition coefficient (Wildman–Crippen LogP) is 0.717. The van der Waals surface area contributed by atoms with Gasteiger partial charge in [0, 0.05) is 24.7 Å². The largest absolute Gasteiger partial charge is 0.399 e. The summed E-state index contributed by atoms with van der Waals surface area (Å²) in [6.45, 7) is 2.53. The van der Waals surface area contributed by atoms with Crippen molar-refractivity contribution in [1.29, 1.82) is 0 Å². The molecule has 0 aliphatic carbocycles. The number of carbonyl (C=O) groups excluding carboxylic acids is 1. The minimum atomic E-state index is -3.58. The highest BCUT2D eigenvalue weighted by molar-refractivity contribution is 7.89. The van der Waals surface area contributed by atoms with Crippen molar-refractivity contribution in [2.75, 3.05) is 18.8 Å². The highest BCUT2D eigenvalue weighted by atomic mass is 32.2. The van der Waals surface area contributed by atoms with Crippen molar-refractivity contribution in [1.82, 2.24) is 4.31 Å². The molecule has 1 aliphatic heterocycles. The molecule has 1 aromatic carbocycles. The summed E-state index contributed by atoms with van der Waals surface area (Å²) >= 11 is 0. The number of nitrogens with zero attached hydrogens (tertiary/aromatic N) is 1. The molecule has 0 aromatic heterocycles. The van der Waals surface area contributed by atoms with Crippen LogP contribution >= 0.6 is 0 Å². The number of carbonyl (C=O) groups is 1. The van der Waals surface area contributed by atoms with Gasteiger partial charge in [-0.3, -0.25) is 4.79 Å². The van der Waals surface area contributed by atoms with Gasteiger partial charge in [0.2, 0.25) is 15.9 Å². The van der Waals surface area contributed by atoms with E-state index in [4.69, 9.17) is 11.5 Å². The molecule has 1 fully saturated rings. The van der Waals surface area contributed by atoms with Gasteiger partial charge in [0.15, 0.2) is 0 Å². The Balaban J connectivity index is 2.27. The lowest BCUT2D eigenvalue weighted by molar-refractivity contribution is -0.122. The van der Waals surface area contributed by atoms with Crippen molar-refractivity contribution >= 4 is 21.6 Å². The number of piperidine rings is 1. The lowest BCUT2D eigenvalue weighted by Gasteiger charge is -2.30. The monoisotopic (exact) mass is 311 g/mol. The van der Waals surface area contributed by atoms with Crippen molar-refractivity contribution in [3.63, 3.8) is 0 Å². The highest BCUT2D eigenvalue weighted by Crippen LogP contribution is 2.27. The predicted molar refractivity (Wildman–Crippen MR) is 80.9 cm³/mol. The van der Waals surface area contributed by atoms with Crippen molar-refractivity contribution in [3.05, 3.63) is 23.8 Å². The lowest BCUT2D eigenvalue weighted by Crippen LogP contribution is -2.41. The van der Waals surface area contributed by atoms with Crippen LogP contribution in [-0.2, 0) is 21.2 Å². The average molecular weight is 311 g/mol. The average Bonchev–Trinajstić information content (AvgIpc) is 2.47. The van der Waals surface area contributed by atoms with E-state index < -0.39 is 10.0 Å². The topological polar surface area (TPSA) is 106 Å². The summed E-state index contributed by atoms with van der Waals surface area (Å²) in [5, 5.41) is 0. The third kappa shape index (κ3) is 3.19. The van der Waals surface area contributed by atoms with Gasteiger partial charge in [-0.15, -0.1) is 0 Å². The summed E-state index contributed by atoms with van der Waals surface area (Å²) in [6.07, 6.45) is 1.56. The molecule has 0 bridgehead atoms. The van der Waals surface area contributed by atoms with E-state index in [1.807, 2.05) is 6.92 Å². The van der Waals surface area contributed by atoms with Crippen LogP contribution in [0.2, 0.25) is 0 Å². The first kappa shape index (κ1) is 15.8. The lowest BCUT2D eigenvalue weighted by atomic mass is 9.98. The summed E-state index contributed by atoms with van der Waals surface area (Å²) in [7, 11) is -3.58. The molecule has 1 aromatic rings. The molecule has 116 valence electrons. The Morgan fingerprint density at radius 1 is 1.33 bits per heavy atom. The maximum atomic E-state index is 12.7. The van der Waals surface area contributed by atoms with Crippen LogP contribution in [0.3, 0.4) is 0 Å². The molecule has 1 heterocycles. The normalized spacial score (nSPS) is 17.8. The standard InChI is InChI=1S/C14H21N3O3S/c1-2-10-3-4-12(15)9-13(10)21(19,20)17-7-5-11(6-8-17)14(16)18/h3-4,9,11H,2,5-8,15H2,1H3,(H2,16,18). The fourth-order valence-corrected chi connectivity index (χ4v) is 4.42. The Morgan fingerprint density at radius 3 is 2.48 bits per heavy atom. The number of amides is 1. The van der Waals surface area contributed by atoms with Gasteiger partial charge in [-0.25, -0.2) is 8.42 Å². The van der Waals surface area contributed by atoms with E-state index in [-0.39, 0.29) is 16.7 Å². The second-order valence-electron chi connectivity index (χ2n) is 5.30. The van der Waals surface area contributed by atoms with Crippen LogP contribution in [-0.4, -0.2) is 31.7 Å².